The molecule has 1 aromatic heterocycles. The number of hydrogen-bond donors (Lipinski definition) is 1. The fourth-order valence-electron chi connectivity index (χ4n) is 1.55. The van der Waals surface area contributed by atoms with Crippen molar-refractivity contribution >= 4 is 43.5 Å². The van der Waals surface area contributed by atoms with Gasteiger partial charge in [-0.1, -0.05) is 31.9 Å². The first-order chi connectivity index (χ1) is 7.99. The van der Waals surface area contributed by atoms with E-state index in [0.717, 1.165) is 20.1 Å². The number of benzene rings is 1. The van der Waals surface area contributed by atoms with Crippen LogP contribution in [0.15, 0.2) is 37.6 Å². The third-order valence-electron chi connectivity index (χ3n) is 2.51. The Morgan fingerprint density at radius 2 is 1.94 bits per heavy atom. The number of aryl methyl sites for hydroxylation is 1. The molecule has 1 unspecified atom stereocenters. The van der Waals surface area contributed by atoms with E-state index in [0.29, 0.717) is 11.0 Å². The Morgan fingerprint density at radius 1 is 1.24 bits per heavy atom. The molecule has 1 heterocycles. The molecular weight excluding hydrogens is 369 g/mol. The molecule has 5 heteroatoms. The number of furan rings is 1. The third kappa shape index (κ3) is 2.76. The molecule has 0 aliphatic rings. The van der Waals surface area contributed by atoms with Crippen LogP contribution >= 0.6 is 43.5 Å². The maximum absolute atomic E-state index is 6.15. The molecule has 2 N–H and O–H groups in total. The van der Waals surface area contributed by atoms with Crippen molar-refractivity contribution in [3.05, 3.63) is 55.3 Å². The number of halogens is 3. The standard InChI is InChI=1S/C12H10Br2ClNO/c1-6-4-9(14)7(5-8(6)13)12(16)10-2-3-11(15)17-10/h2-5,12H,16H2,1H3. The van der Waals surface area contributed by atoms with Gasteiger partial charge in [0.05, 0.1) is 6.04 Å². The first-order valence-electron chi connectivity index (χ1n) is 4.95. The minimum atomic E-state index is -0.339. The Morgan fingerprint density at radius 3 is 2.53 bits per heavy atom. The van der Waals surface area contributed by atoms with Crippen LogP contribution in [0.3, 0.4) is 0 Å². The van der Waals surface area contributed by atoms with E-state index < -0.39 is 0 Å². The monoisotopic (exact) mass is 377 g/mol. The molecule has 17 heavy (non-hydrogen) atoms. The zero-order chi connectivity index (χ0) is 12.6. The van der Waals surface area contributed by atoms with Gasteiger partial charge in [0.2, 0.25) is 0 Å². The van der Waals surface area contributed by atoms with E-state index in [1.54, 1.807) is 12.1 Å². The Bertz CT molecular complexity index is 553. The molecule has 2 rings (SSSR count). The second-order valence-corrected chi connectivity index (χ2v) is 5.82. The molecule has 1 aromatic carbocycles. The summed E-state index contributed by atoms with van der Waals surface area (Å²) in [6.07, 6.45) is 0. The highest BCUT2D eigenvalue weighted by Gasteiger charge is 2.17. The van der Waals surface area contributed by atoms with Crippen LogP contribution in [0.2, 0.25) is 5.22 Å². The fraction of sp³-hybridized carbons (Fsp3) is 0.167. The lowest BCUT2D eigenvalue weighted by molar-refractivity contribution is 0.491. The number of hydrogen-bond acceptors (Lipinski definition) is 2. The Balaban J connectivity index is 2.43. The maximum Gasteiger partial charge on any atom is 0.193 e. The largest absolute Gasteiger partial charge is 0.448 e. The first kappa shape index (κ1) is 13.1. The molecule has 0 fully saturated rings. The van der Waals surface area contributed by atoms with Crippen molar-refractivity contribution in [2.24, 2.45) is 5.73 Å². The van der Waals surface area contributed by atoms with E-state index in [4.69, 9.17) is 21.8 Å². The van der Waals surface area contributed by atoms with Gasteiger partial charge >= 0.3 is 0 Å². The smallest absolute Gasteiger partial charge is 0.193 e. The molecule has 2 aromatic rings. The molecule has 0 saturated carbocycles. The van der Waals surface area contributed by atoms with Gasteiger partial charge < -0.3 is 10.2 Å². The molecule has 0 aliphatic heterocycles. The van der Waals surface area contributed by atoms with Crippen molar-refractivity contribution in [2.75, 3.05) is 0 Å². The highest BCUT2D eigenvalue weighted by molar-refractivity contribution is 9.11. The number of nitrogens with two attached hydrogens (primary N) is 1. The molecule has 0 aliphatic carbocycles. The zero-order valence-electron chi connectivity index (χ0n) is 9.01. The molecule has 0 saturated heterocycles. The van der Waals surface area contributed by atoms with E-state index in [2.05, 4.69) is 31.9 Å². The quantitative estimate of drug-likeness (QED) is 0.813. The summed E-state index contributed by atoms with van der Waals surface area (Å²) < 4.78 is 7.30. The summed E-state index contributed by atoms with van der Waals surface area (Å²) in [5.74, 6) is 0.645. The van der Waals surface area contributed by atoms with Gasteiger partial charge in [-0.2, -0.15) is 0 Å². The van der Waals surface area contributed by atoms with Crippen LogP contribution in [0.4, 0.5) is 0 Å². The summed E-state index contributed by atoms with van der Waals surface area (Å²) in [5, 5.41) is 0.345. The lowest BCUT2D eigenvalue weighted by Gasteiger charge is -2.13. The van der Waals surface area contributed by atoms with Crippen molar-refractivity contribution < 1.29 is 4.42 Å². The molecule has 1 atom stereocenters. The van der Waals surface area contributed by atoms with Gasteiger partial charge in [-0.3, -0.25) is 0 Å². The second kappa shape index (κ2) is 5.14. The molecular formula is C12H10Br2ClNO. The lowest BCUT2D eigenvalue weighted by Crippen LogP contribution is -2.11. The van der Waals surface area contributed by atoms with Gasteiger partial charge in [0.15, 0.2) is 5.22 Å². The summed E-state index contributed by atoms with van der Waals surface area (Å²) in [5.41, 5.74) is 8.24. The van der Waals surface area contributed by atoms with Crippen molar-refractivity contribution in [3.63, 3.8) is 0 Å². The van der Waals surface area contributed by atoms with Crippen LogP contribution in [0.25, 0.3) is 0 Å². The Hall–Kier alpha value is -0.290. The van der Waals surface area contributed by atoms with Gasteiger partial charge in [-0.05, 0) is 53.9 Å². The molecule has 0 bridgehead atoms. The van der Waals surface area contributed by atoms with E-state index in [-0.39, 0.29) is 6.04 Å². The first-order valence-corrected chi connectivity index (χ1v) is 6.92. The number of rotatable bonds is 2. The van der Waals surface area contributed by atoms with Crippen molar-refractivity contribution in [1.29, 1.82) is 0 Å². The van der Waals surface area contributed by atoms with Gasteiger partial charge in [0, 0.05) is 8.95 Å². The van der Waals surface area contributed by atoms with Crippen LogP contribution < -0.4 is 5.73 Å². The van der Waals surface area contributed by atoms with Crippen molar-refractivity contribution in [2.45, 2.75) is 13.0 Å². The molecule has 2 nitrogen and oxygen atoms in total. The molecule has 0 radical (unpaired) electrons. The summed E-state index contributed by atoms with van der Waals surface area (Å²) >= 11 is 12.7. The van der Waals surface area contributed by atoms with Crippen LogP contribution in [0.1, 0.15) is 22.9 Å². The Kier molecular flexibility index (Phi) is 3.98. The van der Waals surface area contributed by atoms with Gasteiger partial charge in [-0.25, -0.2) is 0 Å². The summed E-state index contributed by atoms with van der Waals surface area (Å²) in [6, 6.07) is 7.14. The van der Waals surface area contributed by atoms with Crippen molar-refractivity contribution in [3.8, 4) is 0 Å². The summed E-state index contributed by atoms with van der Waals surface area (Å²) in [6.45, 7) is 2.02. The Labute approximate surface area is 121 Å². The normalized spacial score (nSPS) is 12.8. The lowest BCUT2D eigenvalue weighted by atomic mass is 10.0. The van der Waals surface area contributed by atoms with Gasteiger partial charge in [0.1, 0.15) is 5.76 Å². The van der Waals surface area contributed by atoms with E-state index >= 15 is 0 Å². The highest BCUT2D eigenvalue weighted by atomic mass is 79.9. The second-order valence-electron chi connectivity index (χ2n) is 3.74. The van der Waals surface area contributed by atoms with Crippen LogP contribution in [0.5, 0.6) is 0 Å². The van der Waals surface area contributed by atoms with E-state index in [1.165, 1.54) is 0 Å². The van der Waals surface area contributed by atoms with Crippen LogP contribution in [-0.4, -0.2) is 0 Å². The fourth-order valence-corrected chi connectivity index (χ4v) is 2.77. The van der Waals surface area contributed by atoms with Crippen molar-refractivity contribution in [1.82, 2.24) is 0 Å². The van der Waals surface area contributed by atoms with Crippen LogP contribution in [0, 0.1) is 6.92 Å². The predicted molar refractivity (Wildman–Crippen MR) is 76.3 cm³/mol. The van der Waals surface area contributed by atoms with Crippen LogP contribution in [-0.2, 0) is 0 Å². The minimum absolute atomic E-state index is 0.339. The van der Waals surface area contributed by atoms with E-state index in [9.17, 15) is 0 Å². The summed E-state index contributed by atoms with van der Waals surface area (Å²) in [4.78, 5) is 0. The molecule has 0 amide bonds. The maximum atomic E-state index is 6.15. The zero-order valence-corrected chi connectivity index (χ0v) is 12.9. The summed E-state index contributed by atoms with van der Waals surface area (Å²) in [7, 11) is 0. The minimum Gasteiger partial charge on any atom is -0.448 e. The predicted octanol–water partition coefficient (Wildman–Crippen LogP) is 4.81. The third-order valence-corrected chi connectivity index (χ3v) is 4.26. The SMILES string of the molecule is Cc1cc(Br)c(C(N)c2ccc(Cl)o2)cc1Br. The average molecular weight is 379 g/mol. The molecule has 0 spiro atoms. The van der Waals surface area contributed by atoms with Gasteiger partial charge in [0.25, 0.3) is 0 Å². The highest BCUT2D eigenvalue weighted by Crippen LogP contribution is 2.32. The van der Waals surface area contributed by atoms with Gasteiger partial charge in [-0.15, -0.1) is 0 Å². The molecule has 90 valence electrons. The topological polar surface area (TPSA) is 39.2 Å². The average Bonchev–Trinajstić information content (AvgIpc) is 2.69. The van der Waals surface area contributed by atoms with E-state index in [1.807, 2.05) is 19.1 Å².